The van der Waals surface area contributed by atoms with Crippen LogP contribution in [0.25, 0.3) is 17.4 Å². The minimum Gasteiger partial charge on any atom is -0.497 e. The van der Waals surface area contributed by atoms with E-state index in [4.69, 9.17) is 30.5 Å². The highest BCUT2D eigenvalue weighted by Crippen LogP contribution is 2.39. The number of carbonyl (C=O) groups is 1. The van der Waals surface area contributed by atoms with E-state index in [-0.39, 0.29) is 5.91 Å². The van der Waals surface area contributed by atoms with Crippen molar-refractivity contribution in [2.75, 3.05) is 18.6 Å². The van der Waals surface area contributed by atoms with Crippen LogP contribution in [-0.2, 0) is 4.79 Å². The third-order valence-corrected chi connectivity index (χ3v) is 6.85. The van der Waals surface area contributed by atoms with Gasteiger partial charge < -0.3 is 13.9 Å². The molecule has 4 aromatic rings. The van der Waals surface area contributed by atoms with Gasteiger partial charge in [-0.1, -0.05) is 23.7 Å². The molecule has 0 atom stereocenters. The van der Waals surface area contributed by atoms with Crippen LogP contribution in [0.3, 0.4) is 0 Å². The lowest BCUT2D eigenvalue weighted by Crippen LogP contribution is -2.28. The summed E-state index contributed by atoms with van der Waals surface area (Å²) in [5.41, 5.74) is 2.18. The Labute approximate surface area is 224 Å². The van der Waals surface area contributed by atoms with E-state index in [1.807, 2.05) is 91.9 Å². The topological polar surface area (TPSA) is 64.3 Å². The molecule has 3 aromatic carbocycles. The molecule has 1 amide bonds. The predicted molar refractivity (Wildman–Crippen MR) is 150 cm³/mol. The molecule has 37 heavy (non-hydrogen) atoms. The number of benzene rings is 3. The Kier molecular flexibility index (Phi) is 7.35. The average Bonchev–Trinajstić information content (AvgIpc) is 3.50. The fourth-order valence-corrected chi connectivity index (χ4v) is 4.98. The summed E-state index contributed by atoms with van der Waals surface area (Å²) in [6.07, 6.45) is 1.73. The van der Waals surface area contributed by atoms with Crippen LogP contribution in [0.1, 0.15) is 12.7 Å². The highest BCUT2D eigenvalue weighted by Gasteiger charge is 2.35. The lowest BCUT2D eigenvalue weighted by atomic mass is 10.2. The van der Waals surface area contributed by atoms with E-state index in [1.165, 1.54) is 11.8 Å². The van der Waals surface area contributed by atoms with Gasteiger partial charge in [0, 0.05) is 11.6 Å². The van der Waals surface area contributed by atoms with Crippen molar-refractivity contribution in [2.45, 2.75) is 6.92 Å². The van der Waals surface area contributed by atoms with Crippen LogP contribution in [0.4, 0.5) is 11.4 Å². The van der Waals surface area contributed by atoms with Crippen LogP contribution in [0.2, 0.25) is 5.02 Å². The number of thioether (sulfide) groups is 1. The lowest BCUT2D eigenvalue weighted by molar-refractivity contribution is -0.113. The number of aliphatic imine (C=N–C) groups is 1. The van der Waals surface area contributed by atoms with Crippen LogP contribution in [0.5, 0.6) is 11.5 Å². The van der Waals surface area contributed by atoms with Gasteiger partial charge in [0.2, 0.25) is 0 Å². The first-order chi connectivity index (χ1) is 18.1. The zero-order chi connectivity index (χ0) is 25.8. The fraction of sp³-hybridized carbons (Fsp3) is 0.103. The molecule has 0 N–H and O–H groups in total. The molecule has 1 fully saturated rings. The van der Waals surface area contributed by atoms with Gasteiger partial charge in [0.15, 0.2) is 5.17 Å². The summed E-state index contributed by atoms with van der Waals surface area (Å²) in [6, 6.07) is 25.8. The SMILES string of the molecule is CCOc1ccc(N2C(=O)/C(=C\c3ccc(-c4ccccc4Cl)o3)SC2=Nc2ccc(OC)cc2)cc1. The summed E-state index contributed by atoms with van der Waals surface area (Å²) < 4.78 is 16.8. The van der Waals surface area contributed by atoms with Gasteiger partial charge in [0.25, 0.3) is 5.91 Å². The molecule has 186 valence electrons. The van der Waals surface area contributed by atoms with Crippen molar-refractivity contribution in [1.29, 1.82) is 0 Å². The van der Waals surface area contributed by atoms with E-state index in [0.29, 0.717) is 44.6 Å². The quantitative estimate of drug-likeness (QED) is 0.228. The van der Waals surface area contributed by atoms with E-state index < -0.39 is 0 Å². The normalized spacial score (nSPS) is 15.5. The van der Waals surface area contributed by atoms with E-state index >= 15 is 0 Å². The number of amidine groups is 1. The summed E-state index contributed by atoms with van der Waals surface area (Å²) in [5.74, 6) is 2.44. The highest BCUT2D eigenvalue weighted by atomic mass is 35.5. The Bertz CT molecular complexity index is 1480. The van der Waals surface area contributed by atoms with Gasteiger partial charge in [0.1, 0.15) is 23.0 Å². The van der Waals surface area contributed by atoms with Crippen molar-refractivity contribution in [2.24, 2.45) is 4.99 Å². The maximum atomic E-state index is 13.6. The maximum Gasteiger partial charge on any atom is 0.271 e. The molecule has 0 radical (unpaired) electrons. The van der Waals surface area contributed by atoms with Crippen molar-refractivity contribution in [3.8, 4) is 22.8 Å². The molecule has 1 aliphatic rings. The van der Waals surface area contributed by atoms with Gasteiger partial charge in [-0.25, -0.2) is 4.99 Å². The second-order valence-corrected chi connectivity index (χ2v) is 9.37. The van der Waals surface area contributed by atoms with Crippen LogP contribution >= 0.6 is 23.4 Å². The monoisotopic (exact) mass is 530 g/mol. The van der Waals surface area contributed by atoms with Crippen LogP contribution in [-0.4, -0.2) is 24.8 Å². The maximum absolute atomic E-state index is 13.6. The zero-order valence-electron chi connectivity index (χ0n) is 20.2. The third kappa shape index (κ3) is 5.43. The molecule has 2 heterocycles. The Balaban J connectivity index is 1.50. The third-order valence-electron chi connectivity index (χ3n) is 5.55. The number of carbonyl (C=O) groups excluding carboxylic acids is 1. The first-order valence-electron chi connectivity index (χ1n) is 11.6. The second-order valence-electron chi connectivity index (χ2n) is 7.95. The first kappa shape index (κ1) is 24.7. The van der Waals surface area contributed by atoms with Crippen molar-refractivity contribution >= 4 is 51.9 Å². The molecule has 8 heteroatoms. The van der Waals surface area contributed by atoms with E-state index in [1.54, 1.807) is 18.1 Å². The molecule has 6 nitrogen and oxygen atoms in total. The summed E-state index contributed by atoms with van der Waals surface area (Å²) in [4.78, 5) is 20.4. The Hall–Kier alpha value is -3.94. The van der Waals surface area contributed by atoms with Crippen LogP contribution in [0, 0.1) is 0 Å². The van der Waals surface area contributed by atoms with Crippen molar-refractivity contribution in [3.05, 3.63) is 101 Å². The number of hydrogen-bond acceptors (Lipinski definition) is 6. The average molecular weight is 531 g/mol. The predicted octanol–water partition coefficient (Wildman–Crippen LogP) is 7.82. The Morgan fingerprint density at radius 2 is 1.70 bits per heavy atom. The zero-order valence-corrected chi connectivity index (χ0v) is 21.8. The molecule has 0 aliphatic carbocycles. The lowest BCUT2D eigenvalue weighted by Gasteiger charge is -2.16. The number of hydrogen-bond donors (Lipinski definition) is 0. The number of ether oxygens (including phenoxy) is 2. The minimum absolute atomic E-state index is 0.197. The number of halogens is 1. The molecule has 0 saturated carbocycles. The fourth-order valence-electron chi connectivity index (χ4n) is 3.77. The smallest absolute Gasteiger partial charge is 0.271 e. The Morgan fingerprint density at radius 1 is 0.973 bits per heavy atom. The van der Waals surface area contributed by atoms with E-state index in [2.05, 4.69) is 0 Å². The number of anilines is 1. The molecule has 0 unspecified atom stereocenters. The molecular formula is C29H23ClN2O4S. The van der Waals surface area contributed by atoms with E-state index in [0.717, 1.165) is 17.1 Å². The van der Waals surface area contributed by atoms with E-state index in [9.17, 15) is 4.79 Å². The summed E-state index contributed by atoms with van der Waals surface area (Å²) in [7, 11) is 1.61. The molecule has 1 aliphatic heterocycles. The molecule has 1 aromatic heterocycles. The molecule has 1 saturated heterocycles. The van der Waals surface area contributed by atoms with Gasteiger partial charge in [0.05, 0.1) is 35.0 Å². The number of methoxy groups -OCH3 is 1. The highest BCUT2D eigenvalue weighted by molar-refractivity contribution is 8.19. The standard InChI is InChI=1S/C29H23ClN2O4S/c1-3-35-22-14-10-20(11-15-22)32-28(33)27(37-29(32)31-19-8-12-21(34-2)13-9-19)18-23-16-17-26(36-23)24-6-4-5-7-25(24)30/h4-18H,3H2,1-2H3/b27-18+,31-29?. The van der Waals surface area contributed by atoms with Crippen molar-refractivity contribution in [1.82, 2.24) is 0 Å². The Morgan fingerprint density at radius 3 is 2.41 bits per heavy atom. The largest absolute Gasteiger partial charge is 0.497 e. The number of rotatable bonds is 7. The summed E-state index contributed by atoms with van der Waals surface area (Å²) in [5, 5.41) is 1.13. The number of nitrogens with zero attached hydrogens (tertiary/aromatic N) is 2. The van der Waals surface area contributed by atoms with Gasteiger partial charge >= 0.3 is 0 Å². The molecular weight excluding hydrogens is 508 g/mol. The summed E-state index contributed by atoms with van der Waals surface area (Å²) in [6.45, 7) is 2.49. The van der Waals surface area contributed by atoms with Gasteiger partial charge in [-0.2, -0.15) is 0 Å². The van der Waals surface area contributed by atoms with Crippen molar-refractivity contribution < 1.29 is 18.7 Å². The minimum atomic E-state index is -0.197. The van der Waals surface area contributed by atoms with Gasteiger partial charge in [-0.05, 0) is 91.5 Å². The van der Waals surface area contributed by atoms with Crippen LogP contribution in [0.15, 0.2) is 99.2 Å². The summed E-state index contributed by atoms with van der Waals surface area (Å²) >= 11 is 7.60. The van der Waals surface area contributed by atoms with Gasteiger partial charge in [-0.3, -0.25) is 9.69 Å². The van der Waals surface area contributed by atoms with Gasteiger partial charge in [-0.15, -0.1) is 0 Å². The molecule has 0 spiro atoms. The van der Waals surface area contributed by atoms with Crippen LogP contribution < -0.4 is 14.4 Å². The first-order valence-corrected chi connectivity index (χ1v) is 12.8. The number of amides is 1. The molecule has 5 rings (SSSR count). The number of furan rings is 1. The van der Waals surface area contributed by atoms with Crippen molar-refractivity contribution in [3.63, 3.8) is 0 Å². The molecule has 0 bridgehead atoms. The second kappa shape index (κ2) is 11.0.